The highest BCUT2D eigenvalue weighted by molar-refractivity contribution is 7.17. The van der Waals surface area contributed by atoms with Crippen molar-refractivity contribution in [1.82, 2.24) is 0 Å². The van der Waals surface area contributed by atoms with Crippen LogP contribution in [0.25, 0.3) is 0 Å². The van der Waals surface area contributed by atoms with Crippen LogP contribution in [0.3, 0.4) is 0 Å². The van der Waals surface area contributed by atoms with Gasteiger partial charge in [0.25, 0.3) is 0 Å². The maximum Gasteiger partial charge on any atom is 0.160 e. The van der Waals surface area contributed by atoms with E-state index in [4.69, 9.17) is 4.74 Å². The highest BCUT2D eigenvalue weighted by atomic mass is 32.1. The number of aldehydes is 1. The molecule has 1 aromatic rings. The van der Waals surface area contributed by atoms with Gasteiger partial charge in [-0.1, -0.05) is 0 Å². The summed E-state index contributed by atoms with van der Waals surface area (Å²) in [4.78, 5) is 13.8. The van der Waals surface area contributed by atoms with Crippen LogP contribution in [0.5, 0.6) is 0 Å². The van der Waals surface area contributed by atoms with Gasteiger partial charge in [0.2, 0.25) is 0 Å². The summed E-state index contributed by atoms with van der Waals surface area (Å²) in [5.74, 6) is 0. The van der Waals surface area contributed by atoms with Gasteiger partial charge in [-0.15, -0.1) is 11.3 Å². The van der Waals surface area contributed by atoms with Crippen molar-refractivity contribution >= 4 is 22.6 Å². The number of hydrogen-bond donors (Lipinski definition) is 0. The summed E-state index contributed by atoms with van der Waals surface area (Å²) >= 11 is 1.56. The fourth-order valence-corrected chi connectivity index (χ4v) is 2.53. The van der Waals surface area contributed by atoms with Gasteiger partial charge in [-0.3, -0.25) is 4.79 Å². The molecule has 3 nitrogen and oxygen atoms in total. The molecule has 0 atom stereocenters. The quantitative estimate of drug-likeness (QED) is 0.695. The molecule has 0 bridgehead atoms. The van der Waals surface area contributed by atoms with E-state index in [1.165, 1.54) is 17.8 Å². The Morgan fingerprint density at radius 1 is 1.60 bits per heavy atom. The van der Waals surface area contributed by atoms with Crippen LogP contribution in [-0.2, 0) is 4.74 Å². The molecule has 0 saturated heterocycles. The van der Waals surface area contributed by atoms with E-state index in [0.29, 0.717) is 6.04 Å². The molecule has 4 heteroatoms. The SMILES string of the molecule is COCCN(c1ccc(C=O)s1)C1CC1. The summed E-state index contributed by atoms with van der Waals surface area (Å²) in [5.41, 5.74) is 0. The van der Waals surface area contributed by atoms with Gasteiger partial charge in [-0.2, -0.15) is 0 Å². The van der Waals surface area contributed by atoms with Crippen LogP contribution in [0, 0.1) is 0 Å². The first-order valence-electron chi connectivity index (χ1n) is 5.15. The average Bonchev–Trinajstić information content (AvgIpc) is 2.97. The molecule has 0 aromatic carbocycles. The normalized spacial score (nSPS) is 15.3. The van der Waals surface area contributed by atoms with E-state index in [0.717, 1.165) is 24.3 Å². The molecule has 1 aliphatic rings. The van der Waals surface area contributed by atoms with Crippen molar-refractivity contribution in [1.29, 1.82) is 0 Å². The zero-order valence-corrected chi connectivity index (χ0v) is 9.63. The van der Waals surface area contributed by atoms with Crippen molar-refractivity contribution < 1.29 is 9.53 Å². The molecule has 2 rings (SSSR count). The Balaban J connectivity index is 2.05. The summed E-state index contributed by atoms with van der Waals surface area (Å²) in [6.07, 6.45) is 3.44. The third-order valence-electron chi connectivity index (χ3n) is 2.54. The van der Waals surface area contributed by atoms with Crippen molar-refractivity contribution in [3.63, 3.8) is 0 Å². The number of hydrogen-bond acceptors (Lipinski definition) is 4. The van der Waals surface area contributed by atoms with Crippen molar-refractivity contribution in [3.05, 3.63) is 17.0 Å². The van der Waals surface area contributed by atoms with Gasteiger partial charge < -0.3 is 9.64 Å². The zero-order chi connectivity index (χ0) is 10.7. The third-order valence-corrected chi connectivity index (χ3v) is 3.58. The van der Waals surface area contributed by atoms with Crippen LogP contribution >= 0.6 is 11.3 Å². The molecule has 0 amide bonds. The van der Waals surface area contributed by atoms with E-state index >= 15 is 0 Å². The number of ether oxygens (including phenoxy) is 1. The minimum atomic E-state index is 0.665. The standard InChI is InChI=1S/C11H15NO2S/c1-14-7-6-12(9-2-3-9)11-5-4-10(8-13)15-11/h4-5,8-9H,2-3,6-7H2,1H3. The van der Waals surface area contributed by atoms with E-state index in [1.807, 2.05) is 12.1 Å². The fraction of sp³-hybridized carbons (Fsp3) is 0.545. The lowest BCUT2D eigenvalue weighted by Crippen LogP contribution is -2.28. The Hall–Kier alpha value is -0.870. The van der Waals surface area contributed by atoms with Crippen molar-refractivity contribution in [2.45, 2.75) is 18.9 Å². The van der Waals surface area contributed by atoms with Gasteiger partial charge in [0, 0.05) is 19.7 Å². The molecule has 0 aliphatic heterocycles. The van der Waals surface area contributed by atoms with Crippen LogP contribution in [0.1, 0.15) is 22.5 Å². The molecule has 1 saturated carbocycles. The Bertz CT molecular complexity index is 333. The molecule has 82 valence electrons. The lowest BCUT2D eigenvalue weighted by atomic mass is 10.4. The minimum Gasteiger partial charge on any atom is -0.383 e. The summed E-state index contributed by atoms with van der Waals surface area (Å²) in [5, 5.41) is 1.19. The highest BCUT2D eigenvalue weighted by Gasteiger charge is 2.29. The Kier molecular flexibility index (Phi) is 3.38. The van der Waals surface area contributed by atoms with Gasteiger partial charge in [0.1, 0.15) is 0 Å². The molecule has 1 aliphatic carbocycles. The van der Waals surface area contributed by atoms with E-state index in [1.54, 1.807) is 18.4 Å². The van der Waals surface area contributed by atoms with E-state index < -0.39 is 0 Å². The number of anilines is 1. The number of nitrogens with zero attached hydrogens (tertiary/aromatic N) is 1. The molecule has 0 spiro atoms. The Morgan fingerprint density at radius 2 is 2.40 bits per heavy atom. The number of thiophene rings is 1. The second-order valence-corrected chi connectivity index (χ2v) is 4.81. The Morgan fingerprint density at radius 3 is 2.93 bits per heavy atom. The molecule has 1 aromatic heterocycles. The largest absolute Gasteiger partial charge is 0.383 e. The lowest BCUT2D eigenvalue weighted by Gasteiger charge is -2.22. The molecular weight excluding hydrogens is 210 g/mol. The van der Waals surface area contributed by atoms with Gasteiger partial charge in [0.15, 0.2) is 6.29 Å². The summed E-state index contributed by atoms with van der Waals surface area (Å²) < 4.78 is 5.10. The number of rotatable bonds is 6. The van der Waals surface area contributed by atoms with Gasteiger partial charge in [0.05, 0.1) is 16.5 Å². The van der Waals surface area contributed by atoms with Crippen molar-refractivity contribution in [2.75, 3.05) is 25.2 Å². The van der Waals surface area contributed by atoms with Crippen LogP contribution in [0.15, 0.2) is 12.1 Å². The topological polar surface area (TPSA) is 29.5 Å². The molecule has 1 fully saturated rings. The predicted molar refractivity (Wildman–Crippen MR) is 62.0 cm³/mol. The van der Waals surface area contributed by atoms with Crippen molar-refractivity contribution in [2.24, 2.45) is 0 Å². The van der Waals surface area contributed by atoms with E-state index in [2.05, 4.69) is 4.90 Å². The van der Waals surface area contributed by atoms with Gasteiger partial charge >= 0.3 is 0 Å². The lowest BCUT2D eigenvalue weighted by molar-refractivity contribution is 0.112. The second-order valence-electron chi connectivity index (χ2n) is 3.71. The molecule has 15 heavy (non-hydrogen) atoms. The monoisotopic (exact) mass is 225 g/mol. The maximum absolute atomic E-state index is 10.6. The first-order valence-corrected chi connectivity index (χ1v) is 5.97. The maximum atomic E-state index is 10.6. The summed E-state index contributed by atoms with van der Waals surface area (Å²) in [7, 11) is 1.72. The van der Waals surface area contributed by atoms with Crippen molar-refractivity contribution in [3.8, 4) is 0 Å². The predicted octanol–water partition coefficient (Wildman–Crippen LogP) is 2.18. The zero-order valence-electron chi connectivity index (χ0n) is 8.81. The van der Waals surface area contributed by atoms with Crippen LogP contribution in [0.4, 0.5) is 5.00 Å². The second kappa shape index (κ2) is 4.77. The highest BCUT2D eigenvalue weighted by Crippen LogP contribution is 2.35. The minimum absolute atomic E-state index is 0.665. The first-order chi connectivity index (χ1) is 7.35. The van der Waals surface area contributed by atoms with Crippen LogP contribution < -0.4 is 4.90 Å². The van der Waals surface area contributed by atoms with Crippen LogP contribution in [-0.4, -0.2) is 32.6 Å². The smallest absolute Gasteiger partial charge is 0.160 e. The Labute approximate surface area is 93.7 Å². The van der Waals surface area contributed by atoms with Crippen LogP contribution in [0.2, 0.25) is 0 Å². The fourth-order valence-electron chi connectivity index (χ4n) is 1.61. The number of carbonyl (C=O) groups excluding carboxylic acids is 1. The molecule has 0 radical (unpaired) electrons. The summed E-state index contributed by atoms with van der Waals surface area (Å²) in [6.45, 7) is 1.66. The summed E-state index contributed by atoms with van der Waals surface area (Å²) in [6, 6.07) is 4.58. The number of methoxy groups -OCH3 is 1. The molecular formula is C11H15NO2S. The molecule has 0 N–H and O–H groups in total. The third kappa shape index (κ3) is 2.58. The van der Waals surface area contributed by atoms with Gasteiger partial charge in [-0.05, 0) is 25.0 Å². The molecule has 0 unspecified atom stereocenters. The first kappa shape index (κ1) is 10.6. The average molecular weight is 225 g/mol. The van der Waals surface area contributed by atoms with Gasteiger partial charge in [-0.25, -0.2) is 0 Å². The van der Waals surface area contributed by atoms with E-state index in [9.17, 15) is 4.79 Å². The molecule has 1 heterocycles. The van der Waals surface area contributed by atoms with E-state index in [-0.39, 0.29) is 0 Å². The number of carbonyl (C=O) groups is 1.